The Balaban J connectivity index is 1.95. The number of fused-ring (bicyclic) bond motifs is 1. The van der Waals surface area contributed by atoms with Gasteiger partial charge in [0.05, 0.1) is 0 Å². The van der Waals surface area contributed by atoms with Crippen LogP contribution in [0.15, 0.2) is 24.3 Å². The summed E-state index contributed by atoms with van der Waals surface area (Å²) in [4.78, 5) is 15.1. The summed E-state index contributed by atoms with van der Waals surface area (Å²) in [5.41, 5.74) is 8.56. The number of benzene rings is 1. The van der Waals surface area contributed by atoms with Gasteiger partial charge in [-0.1, -0.05) is 38.5 Å². The fourth-order valence-electron chi connectivity index (χ4n) is 3.99. The molecule has 1 saturated carbocycles. The van der Waals surface area contributed by atoms with E-state index >= 15 is 0 Å². The molecular weight excluding hydrogens is 260 g/mol. The van der Waals surface area contributed by atoms with Crippen LogP contribution in [0.3, 0.4) is 0 Å². The second-order valence-electron chi connectivity index (χ2n) is 7.23. The van der Waals surface area contributed by atoms with Gasteiger partial charge < -0.3 is 10.6 Å². The summed E-state index contributed by atoms with van der Waals surface area (Å²) in [5, 5.41) is 0. The molecule has 2 atom stereocenters. The van der Waals surface area contributed by atoms with Crippen LogP contribution in [0.1, 0.15) is 57.6 Å². The number of hydrogen-bond acceptors (Lipinski definition) is 2. The highest BCUT2D eigenvalue weighted by molar-refractivity contribution is 5.96. The Hall–Kier alpha value is -1.35. The molecule has 0 bridgehead atoms. The van der Waals surface area contributed by atoms with Gasteiger partial charge in [0.15, 0.2) is 0 Å². The lowest BCUT2D eigenvalue weighted by molar-refractivity contribution is -0.124. The lowest BCUT2D eigenvalue weighted by Crippen LogP contribution is -2.40. The third-order valence-corrected chi connectivity index (χ3v) is 5.35. The molecule has 1 aromatic carbocycles. The fourth-order valence-corrected chi connectivity index (χ4v) is 3.99. The minimum absolute atomic E-state index is 0.0515. The second kappa shape index (κ2) is 5.45. The zero-order valence-corrected chi connectivity index (χ0v) is 13.1. The van der Waals surface area contributed by atoms with Crippen LogP contribution in [0.5, 0.6) is 0 Å². The molecule has 1 aromatic rings. The van der Waals surface area contributed by atoms with Gasteiger partial charge in [0.1, 0.15) is 0 Å². The van der Waals surface area contributed by atoms with E-state index in [0.717, 1.165) is 43.5 Å². The van der Waals surface area contributed by atoms with Crippen molar-refractivity contribution in [2.75, 3.05) is 11.4 Å². The van der Waals surface area contributed by atoms with Crippen molar-refractivity contribution in [3.8, 4) is 0 Å². The van der Waals surface area contributed by atoms with Crippen LogP contribution in [0.4, 0.5) is 5.69 Å². The summed E-state index contributed by atoms with van der Waals surface area (Å²) in [5.74, 6) is 0.457. The van der Waals surface area contributed by atoms with Gasteiger partial charge in [0, 0.05) is 24.2 Å². The van der Waals surface area contributed by atoms with Crippen LogP contribution in [0.25, 0.3) is 0 Å². The Kier molecular flexibility index (Phi) is 3.78. The summed E-state index contributed by atoms with van der Waals surface area (Å²) in [6, 6.07) is 8.21. The summed E-state index contributed by atoms with van der Waals surface area (Å²) < 4.78 is 0. The Bertz CT molecular complexity index is 538. The highest BCUT2D eigenvalue weighted by Crippen LogP contribution is 2.44. The molecule has 1 aliphatic carbocycles. The van der Waals surface area contributed by atoms with Crippen LogP contribution < -0.4 is 10.6 Å². The molecule has 3 rings (SSSR count). The fraction of sp³-hybridized carbons (Fsp3) is 0.611. The molecule has 0 spiro atoms. The number of rotatable bonds is 1. The van der Waals surface area contributed by atoms with Crippen molar-refractivity contribution in [1.29, 1.82) is 0 Å². The molecule has 1 aliphatic heterocycles. The van der Waals surface area contributed by atoms with Gasteiger partial charge in [0.25, 0.3) is 0 Å². The number of nitrogens with zero attached hydrogens (tertiary/aromatic N) is 1. The molecule has 1 amide bonds. The number of amides is 1. The number of anilines is 1. The van der Waals surface area contributed by atoms with Crippen LogP contribution in [-0.2, 0) is 4.79 Å². The molecule has 0 saturated heterocycles. The van der Waals surface area contributed by atoms with E-state index in [9.17, 15) is 4.79 Å². The van der Waals surface area contributed by atoms with Crippen molar-refractivity contribution >= 4 is 11.6 Å². The first-order chi connectivity index (χ1) is 10.0. The zero-order valence-electron chi connectivity index (χ0n) is 13.1. The molecule has 114 valence electrons. The van der Waals surface area contributed by atoms with Crippen molar-refractivity contribution in [3.05, 3.63) is 29.8 Å². The molecule has 0 aromatic heterocycles. The van der Waals surface area contributed by atoms with Crippen molar-refractivity contribution in [1.82, 2.24) is 0 Å². The average molecular weight is 286 g/mol. The first-order valence-electron chi connectivity index (χ1n) is 8.16. The maximum absolute atomic E-state index is 13.1. The van der Waals surface area contributed by atoms with E-state index in [4.69, 9.17) is 5.73 Å². The Morgan fingerprint density at radius 2 is 2.00 bits per heavy atom. The van der Waals surface area contributed by atoms with Crippen molar-refractivity contribution in [3.63, 3.8) is 0 Å². The molecule has 1 heterocycles. The average Bonchev–Trinajstić information content (AvgIpc) is 2.72. The van der Waals surface area contributed by atoms with E-state index in [1.165, 1.54) is 6.42 Å². The molecule has 21 heavy (non-hydrogen) atoms. The van der Waals surface area contributed by atoms with Gasteiger partial charge in [0.2, 0.25) is 5.91 Å². The molecule has 3 nitrogen and oxygen atoms in total. The Morgan fingerprint density at radius 3 is 2.71 bits per heavy atom. The quantitative estimate of drug-likeness (QED) is 0.856. The Labute approximate surface area is 127 Å². The molecule has 1 fully saturated rings. The minimum atomic E-state index is 0.0515. The molecule has 3 heteroatoms. The lowest BCUT2D eigenvalue weighted by atomic mass is 9.81. The maximum Gasteiger partial charge on any atom is 0.230 e. The van der Waals surface area contributed by atoms with Gasteiger partial charge in [-0.2, -0.15) is 0 Å². The van der Waals surface area contributed by atoms with E-state index in [0.29, 0.717) is 5.91 Å². The normalized spacial score (nSPS) is 28.0. The van der Waals surface area contributed by atoms with Crippen molar-refractivity contribution < 1.29 is 4.79 Å². The van der Waals surface area contributed by atoms with Crippen LogP contribution in [0, 0.1) is 11.3 Å². The van der Waals surface area contributed by atoms with E-state index < -0.39 is 0 Å². The van der Waals surface area contributed by atoms with Crippen LogP contribution in [-0.4, -0.2) is 12.5 Å². The predicted octanol–water partition coefficient (Wildman–Crippen LogP) is 3.64. The monoisotopic (exact) mass is 286 g/mol. The summed E-state index contributed by atoms with van der Waals surface area (Å²) in [6.45, 7) is 5.27. The molecule has 2 unspecified atom stereocenters. The van der Waals surface area contributed by atoms with Crippen molar-refractivity contribution in [2.24, 2.45) is 17.1 Å². The molecule has 2 N–H and O–H groups in total. The first kappa shape index (κ1) is 14.6. The zero-order chi connectivity index (χ0) is 15.0. The molecule has 0 radical (unpaired) electrons. The van der Waals surface area contributed by atoms with E-state index in [-0.39, 0.29) is 17.4 Å². The second-order valence-corrected chi connectivity index (χ2v) is 7.23. The number of nitrogens with two attached hydrogens (primary N) is 1. The smallest absolute Gasteiger partial charge is 0.230 e. The maximum atomic E-state index is 13.1. The van der Waals surface area contributed by atoms with E-state index in [1.807, 2.05) is 17.0 Å². The summed E-state index contributed by atoms with van der Waals surface area (Å²) in [7, 11) is 0. The van der Waals surface area contributed by atoms with Crippen molar-refractivity contribution in [2.45, 2.75) is 52.0 Å². The van der Waals surface area contributed by atoms with E-state index in [1.54, 1.807) is 0 Å². The van der Waals surface area contributed by atoms with E-state index in [2.05, 4.69) is 26.0 Å². The molecule has 2 aliphatic rings. The standard InChI is InChI=1S/C18H26N2O/c1-18(2)11-5-8-14(18)17(21)20-12-6-9-15(19)13-7-3-4-10-16(13)20/h3-4,7,10,14-15H,5-6,8-9,11-12,19H2,1-2H3. The highest BCUT2D eigenvalue weighted by atomic mass is 16.2. The van der Waals surface area contributed by atoms with Gasteiger partial charge in [-0.05, 0) is 42.7 Å². The van der Waals surface area contributed by atoms with Crippen LogP contribution >= 0.6 is 0 Å². The highest BCUT2D eigenvalue weighted by Gasteiger charge is 2.42. The number of carbonyl (C=O) groups excluding carboxylic acids is 1. The van der Waals surface area contributed by atoms with Gasteiger partial charge >= 0.3 is 0 Å². The van der Waals surface area contributed by atoms with Crippen LogP contribution in [0.2, 0.25) is 0 Å². The molecular formula is C18H26N2O. The first-order valence-corrected chi connectivity index (χ1v) is 8.16. The largest absolute Gasteiger partial charge is 0.324 e. The number of carbonyl (C=O) groups is 1. The summed E-state index contributed by atoms with van der Waals surface area (Å²) in [6.07, 6.45) is 5.27. The van der Waals surface area contributed by atoms with Gasteiger partial charge in [-0.25, -0.2) is 0 Å². The third-order valence-electron chi connectivity index (χ3n) is 5.35. The van der Waals surface area contributed by atoms with Gasteiger partial charge in [-0.3, -0.25) is 4.79 Å². The summed E-state index contributed by atoms with van der Waals surface area (Å²) >= 11 is 0. The topological polar surface area (TPSA) is 46.3 Å². The third kappa shape index (κ3) is 2.59. The number of para-hydroxylation sites is 1. The predicted molar refractivity (Wildman–Crippen MR) is 86.1 cm³/mol. The SMILES string of the molecule is CC1(C)CCCC1C(=O)N1CCCC(N)c2ccccc21. The number of hydrogen-bond donors (Lipinski definition) is 1. The van der Waals surface area contributed by atoms with Gasteiger partial charge in [-0.15, -0.1) is 0 Å². The Morgan fingerprint density at radius 1 is 1.24 bits per heavy atom. The lowest BCUT2D eigenvalue weighted by Gasteiger charge is -2.32. The minimum Gasteiger partial charge on any atom is -0.324 e.